The Bertz CT molecular complexity index is 679. The van der Waals surface area contributed by atoms with Crippen molar-refractivity contribution in [1.29, 1.82) is 0 Å². The molecule has 2 aromatic carbocycles. The molecule has 128 valence electrons. The third kappa shape index (κ3) is 4.68. The first-order chi connectivity index (χ1) is 11.7. The van der Waals surface area contributed by atoms with Gasteiger partial charge in [0.05, 0.1) is 12.7 Å². The Morgan fingerprint density at radius 2 is 1.88 bits per heavy atom. The van der Waals surface area contributed by atoms with Gasteiger partial charge in [0.2, 0.25) is 0 Å². The summed E-state index contributed by atoms with van der Waals surface area (Å²) in [5.41, 5.74) is 4.95. The normalized spacial score (nSPS) is 10.6. The van der Waals surface area contributed by atoms with Crippen LogP contribution in [0.2, 0.25) is 0 Å². The Kier molecular flexibility index (Phi) is 7.01. The quantitative estimate of drug-likeness (QED) is 0.563. The van der Waals surface area contributed by atoms with Crippen molar-refractivity contribution < 1.29 is 9.53 Å². The third-order valence-corrected chi connectivity index (χ3v) is 4.21. The number of carbonyl (C=O) groups is 1. The molecule has 0 bridgehead atoms. The maximum Gasteiger partial charge on any atom is 0.338 e. The molecule has 0 saturated carbocycles. The summed E-state index contributed by atoms with van der Waals surface area (Å²) in [5, 5.41) is 3.48. The molecule has 0 radical (unpaired) electrons. The van der Waals surface area contributed by atoms with Crippen LogP contribution < -0.4 is 5.32 Å². The van der Waals surface area contributed by atoms with Gasteiger partial charge in [-0.15, -0.1) is 0 Å². The highest BCUT2D eigenvalue weighted by atomic mass is 16.5. The van der Waals surface area contributed by atoms with Crippen molar-refractivity contribution in [3.05, 3.63) is 59.2 Å². The highest BCUT2D eigenvalue weighted by Crippen LogP contribution is 2.28. The summed E-state index contributed by atoms with van der Waals surface area (Å²) < 4.78 is 4.95. The lowest BCUT2D eigenvalue weighted by atomic mass is 9.94. The zero-order chi connectivity index (χ0) is 17.4. The van der Waals surface area contributed by atoms with Crippen molar-refractivity contribution in [2.24, 2.45) is 0 Å². The molecule has 0 fully saturated rings. The third-order valence-electron chi connectivity index (χ3n) is 4.21. The molecule has 2 rings (SSSR count). The van der Waals surface area contributed by atoms with Gasteiger partial charge in [0.1, 0.15) is 0 Å². The van der Waals surface area contributed by atoms with E-state index in [0.29, 0.717) is 5.56 Å². The van der Waals surface area contributed by atoms with Gasteiger partial charge in [0, 0.05) is 6.54 Å². The zero-order valence-electron chi connectivity index (χ0n) is 14.9. The number of hydrogen-bond acceptors (Lipinski definition) is 3. The summed E-state index contributed by atoms with van der Waals surface area (Å²) in [6.45, 7) is 6.10. The van der Waals surface area contributed by atoms with E-state index in [1.165, 1.54) is 31.9 Å². The van der Waals surface area contributed by atoms with Gasteiger partial charge in [0.15, 0.2) is 0 Å². The molecule has 0 spiro atoms. The van der Waals surface area contributed by atoms with Gasteiger partial charge in [-0.3, -0.25) is 0 Å². The Hall–Kier alpha value is -2.13. The first-order valence-electron chi connectivity index (χ1n) is 8.65. The molecule has 0 aliphatic heterocycles. The number of methoxy groups -OCH3 is 1. The van der Waals surface area contributed by atoms with E-state index in [-0.39, 0.29) is 5.97 Å². The number of esters is 1. The average Bonchev–Trinajstić information content (AvgIpc) is 2.61. The van der Waals surface area contributed by atoms with Gasteiger partial charge in [-0.05, 0) is 54.3 Å². The Labute approximate surface area is 145 Å². The van der Waals surface area contributed by atoms with Crippen LogP contribution in [-0.4, -0.2) is 19.6 Å². The van der Waals surface area contributed by atoms with Crippen molar-refractivity contribution in [2.75, 3.05) is 13.7 Å². The van der Waals surface area contributed by atoms with Crippen LogP contribution in [-0.2, 0) is 11.3 Å². The van der Waals surface area contributed by atoms with Crippen molar-refractivity contribution in [3.8, 4) is 11.1 Å². The summed E-state index contributed by atoms with van der Waals surface area (Å²) in [4.78, 5) is 12.1. The summed E-state index contributed by atoms with van der Waals surface area (Å²) in [6, 6.07) is 14.1. The minimum atomic E-state index is -0.296. The molecule has 0 unspecified atom stereocenters. The predicted octanol–water partition coefficient (Wildman–Crippen LogP) is 4.73. The van der Waals surface area contributed by atoms with Gasteiger partial charge in [0.25, 0.3) is 0 Å². The first-order valence-corrected chi connectivity index (χ1v) is 8.65. The standard InChI is InChI=1S/C21H27NO2/c1-4-5-8-13-22-15-17-11-12-19(21(23)24-3)20(14-17)18-10-7-6-9-16(18)2/h6-7,9-12,14,22H,4-5,8,13,15H2,1-3H3. The maximum absolute atomic E-state index is 12.1. The second-order valence-electron chi connectivity index (χ2n) is 6.07. The van der Waals surface area contributed by atoms with E-state index in [0.717, 1.165) is 29.8 Å². The fraction of sp³-hybridized carbons (Fsp3) is 0.381. The fourth-order valence-electron chi connectivity index (χ4n) is 2.82. The lowest BCUT2D eigenvalue weighted by Gasteiger charge is -2.13. The molecule has 0 heterocycles. The minimum Gasteiger partial charge on any atom is -0.465 e. The van der Waals surface area contributed by atoms with Crippen LogP contribution >= 0.6 is 0 Å². The molecular weight excluding hydrogens is 298 g/mol. The lowest BCUT2D eigenvalue weighted by molar-refractivity contribution is 0.0601. The largest absolute Gasteiger partial charge is 0.465 e. The van der Waals surface area contributed by atoms with Crippen LogP contribution in [0.1, 0.15) is 47.7 Å². The molecular formula is C21H27NO2. The van der Waals surface area contributed by atoms with Crippen molar-refractivity contribution in [2.45, 2.75) is 39.7 Å². The van der Waals surface area contributed by atoms with Crippen molar-refractivity contribution >= 4 is 5.97 Å². The molecule has 0 saturated heterocycles. The van der Waals surface area contributed by atoms with E-state index in [1.807, 2.05) is 24.3 Å². The average molecular weight is 325 g/mol. The maximum atomic E-state index is 12.1. The highest BCUT2D eigenvalue weighted by Gasteiger charge is 2.15. The number of hydrogen-bond donors (Lipinski definition) is 1. The SMILES string of the molecule is CCCCCNCc1ccc(C(=O)OC)c(-c2ccccc2C)c1. The lowest BCUT2D eigenvalue weighted by Crippen LogP contribution is -2.15. The van der Waals surface area contributed by atoms with E-state index in [1.54, 1.807) is 0 Å². The van der Waals surface area contributed by atoms with Crippen molar-refractivity contribution in [1.82, 2.24) is 5.32 Å². The first kappa shape index (κ1) is 18.2. The minimum absolute atomic E-state index is 0.296. The van der Waals surface area contributed by atoms with Gasteiger partial charge in [-0.2, -0.15) is 0 Å². The van der Waals surface area contributed by atoms with Gasteiger partial charge >= 0.3 is 5.97 Å². The van der Waals surface area contributed by atoms with E-state index in [4.69, 9.17) is 4.74 Å². The monoisotopic (exact) mass is 325 g/mol. The van der Waals surface area contributed by atoms with Crippen LogP contribution in [0.3, 0.4) is 0 Å². The Balaban J connectivity index is 2.26. The summed E-state index contributed by atoms with van der Waals surface area (Å²) in [7, 11) is 1.42. The van der Waals surface area contributed by atoms with Crippen LogP contribution in [0.25, 0.3) is 11.1 Å². The molecule has 2 aromatic rings. The molecule has 24 heavy (non-hydrogen) atoms. The molecule has 3 nitrogen and oxygen atoms in total. The van der Waals surface area contributed by atoms with E-state index >= 15 is 0 Å². The van der Waals surface area contributed by atoms with E-state index < -0.39 is 0 Å². The number of ether oxygens (including phenoxy) is 1. The van der Waals surface area contributed by atoms with Gasteiger partial charge in [-0.1, -0.05) is 50.1 Å². The molecule has 0 amide bonds. The van der Waals surface area contributed by atoms with E-state index in [2.05, 4.69) is 37.4 Å². The van der Waals surface area contributed by atoms with Crippen LogP contribution in [0.5, 0.6) is 0 Å². The summed E-state index contributed by atoms with van der Waals surface area (Å²) >= 11 is 0. The Morgan fingerprint density at radius 1 is 1.08 bits per heavy atom. The molecule has 3 heteroatoms. The van der Waals surface area contributed by atoms with Crippen molar-refractivity contribution in [3.63, 3.8) is 0 Å². The number of rotatable bonds is 8. The molecule has 0 aliphatic carbocycles. The predicted molar refractivity (Wildman–Crippen MR) is 99.2 cm³/mol. The summed E-state index contributed by atoms with van der Waals surface area (Å²) in [6.07, 6.45) is 3.68. The fourth-order valence-corrected chi connectivity index (χ4v) is 2.82. The van der Waals surface area contributed by atoms with E-state index in [9.17, 15) is 4.79 Å². The molecule has 0 atom stereocenters. The topological polar surface area (TPSA) is 38.3 Å². The second-order valence-corrected chi connectivity index (χ2v) is 6.07. The number of carbonyl (C=O) groups excluding carboxylic acids is 1. The number of nitrogens with one attached hydrogen (secondary N) is 1. The molecule has 0 aromatic heterocycles. The number of aryl methyl sites for hydroxylation is 1. The summed E-state index contributed by atoms with van der Waals surface area (Å²) in [5.74, 6) is -0.296. The number of benzene rings is 2. The smallest absolute Gasteiger partial charge is 0.338 e. The Morgan fingerprint density at radius 3 is 2.58 bits per heavy atom. The van der Waals surface area contributed by atoms with Gasteiger partial charge in [-0.25, -0.2) is 4.79 Å². The van der Waals surface area contributed by atoms with Crippen LogP contribution in [0.15, 0.2) is 42.5 Å². The van der Waals surface area contributed by atoms with Crippen LogP contribution in [0, 0.1) is 6.92 Å². The number of unbranched alkanes of at least 4 members (excludes halogenated alkanes) is 2. The highest BCUT2D eigenvalue weighted by molar-refractivity contribution is 5.97. The molecule has 1 N–H and O–H groups in total. The van der Waals surface area contributed by atoms with Crippen LogP contribution in [0.4, 0.5) is 0 Å². The van der Waals surface area contributed by atoms with Gasteiger partial charge < -0.3 is 10.1 Å². The second kappa shape index (κ2) is 9.24. The zero-order valence-corrected chi connectivity index (χ0v) is 14.9. The molecule has 0 aliphatic rings.